The lowest BCUT2D eigenvalue weighted by Gasteiger charge is -2.49. The number of pyridine rings is 6. The molecule has 6 atom stereocenters. The molecule has 6 aliphatic rings. The molecular formula is C108H109Cl3F3N19O10. The summed E-state index contributed by atoms with van der Waals surface area (Å²) in [4.78, 5) is 155. The zero-order valence-electron chi connectivity index (χ0n) is 82.6. The molecule has 9 aromatic heterocycles. The van der Waals surface area contributed by atoms with Gasteiger partial charge in [0.05, 0.1) is 134 Å². The summed E-state index contributed by atoms with van der Waals surface area (Å²) < 4.78 is 67.6. The number of hydrogen-bond acceptors (Lipinski definition) is 17. The second-order valence-electron chi connectivity index (χ2n) is 39.4. The number of amides is 3. The third-order valence-electron chi connectivity index (χ3n) is 29.5. The Morgan fingerprint density at radius 1 is 0.427 bits per heavy atom. The van der Waals surface area contributed by atoms with Crippen LogP contribution in [0.4, 0.5) is 35.9 Å². The van der Waals surface area contributed by atoms with Crippen molar-refractivity contribution in [3.8, 4) is 56.2 Å². The van der Waals surface area contributed by atoms with Crippen molar-refractivity contribution in [1.29, 1.82) is 0 Å². The molecule has 0 saturated carbocycles. The maximum absolute atomic E-state index is 17.9. The molecule has 6 aromatic carbocycles. The second kappa shape index (κ2) is 36.5. The minimum atomic E-state index is -0.713. The van der Waals surface area contributed by atoms with Gasteiger partial charge in [0, 0.05) is 165 Å². The summed E-state index contributed by atoms with van der Waals surface area (Å²) in [5.74, 6) is -2.60. The number of carbonyl (C=O) groups excluding carboxylic acids is 3. The average molecular weight is 2000 g/mol. The van der Waals surface area contributed by atoms with Crippen molar-refractivity contribution in [3.63, 3.8) is 0 Å². The van der Waals surface area contributed by atoms with Crippen LogP contribution in [-0.2, 0) is 41.9 Å². The van der Waals surface area contributed by atoms with E-state index in [-0.39, 0.29) is 150 Å². The van der Waals surface area contributed by atoms with Crippen LogP contribution in [0.25, 0.3) is 116 Å². The Kier molecular flexibility index (Phi) is 24.8. The van der Waals surface area contributed by atoms with E-state index in [0.717, 1.165) is 22.3 Å². The smallest absolute Gasteiger partial charge is 0.326 e. The Labute approximate surface area is 834 Å². The number of fused-ring (bicyclic) bond motifs is 18. The Balaban J connectivity index is 0.000000136. The van der Waals surface area contributed by atoms with Gasteiger partial charge in [-0.1, -0.05) is 114 Å². The molecule has 0 spiro atoms. The van der Waals surface area contributed by atoms with E-state index in [1.165, 1.54) is 47.1 Å². The fourth-order valence-corrected chi connectivity index (χ4v) is 23.5. The van der Waals surface area contributed by atoms with Crippen molar-refractivity contribution in [2.45, 2.75) is 164 Å². The zero-order chi connectivity index (χ0) is 102. The minimum absolute atomic E-state index is 0.0228. The van der Waals surface area contributed by atoms with Gasteiger partial charge in [-0.15, -0.1) is 0 Å². The first-order chi connectivity index (χ1) is 68.0. The Bertz CT molecular complexity index is 8160. The lowest BCUT2D eigenvalue weighted by atomic mass is 9.94. The SMILES string of the molecule is C=CC(=O)N1CC2CNc3c(c4cc(Cl)c(-c5c(C)ccc6[nH]c(=O)n(C)c56)c(F)c4n(-c4c(C)ccnc4C(C)C)c3=O)N2CC1C.C=CC(=O)N1CC2COc3c(c4cc(Cl)c(-c5c(C)ccc6[nH]c(=O)n(C)c56)c(F)c4n(-c4c(C)ccnc4C(C)C)c3=O)N2CC1C.C=CC(=O)N1CC2Cc3c(c4cc(F)c(-c5c(C)ccc6[nH]c(=O)n(C)c56)c(Cl)c4n(-c4c(C)ccnc4C(C)C)c3=O)N2CC1C. The highest BCUT2D eigenvalue weighted by Crippen LogP contribution is 2.53. The van der Waals surface area contributed by atoms with E-state index in [4.69, 9.17) is 44.5 Å². The number of hydrogen-bond donors (Lipinski definition) is 4. The molecular weight excluding hydrogens is 1890 g/mol. The fraction of sp³-hybridized carbons (Fsp3) is 0.333. The van der Waals surface area contributed by atoms with Gasteiger partial charge in [-0.2, -0.15) is 0 Å². The zero-order valence-corrected chi connectivity index (χ0v) is 84.9. The molecule has 6 unspecified atom stereocenters. The first-order valence-electron chi connectivity index (χ1n) is 47.8. The van der Waals surface area contributed by atoms with Crippen LogP contribution in [0.5, 0.6) is 5.75 Å². The van der Waals surface area contributed by atoms with Gasteiger partial charge in [0.15, 0.2) is 11.6 Å². The molecule has 15 heterocycles. The number of anilines is 4. The van der Waals surface area contributed by atoms with E-state index in [0.29, 0.717) is 197 Å². The van der Waals surface area contributed by atoms with Gasteiger partial charge < -0.3 is 54.4 Å². The van der Waals surface area contributed by atoms with Crippen LogP contribution in [0.15, 0.2) is 158 Å². The number of piperazine rings is 3. The number of imidazole rings is 3. The van der Waals surface area contributed by atoms with Crippen LogP contribution in [0.3, 0.4) is 0 Å². The number of carbonyl (C=O) groups is 3. The molecule has 3 amide bonds. The highest BCUT2D eigenvalue weighted by atomic mass is 35.5. The summed E-state index contributed by atoms with van der Waals surface area (Å²) in [7, 11) is 4.87. The van der Waals surface area contributed by atoms with Gasteiger partial charge >= 0.3 is 17.1 Å². The number of H-pyrrole nitrogens is 3. The van der Waals surface area contributed by atoms with E-state index < -0.39 is 28.6 Å². The first-order valence-corrected chi connectivity index (χ1v) is 48.9. The number of aryl methyl sites for hydroxylation is 9. The van der Waals surface area contributed by atoms with Crippen LogP contribution in [0.1, 0.15) is 136 Å². The Hall–Kier alpha value is -14.5. The molecule has 35 heteroatoms. The van der Waals surface area contributed by atoms with E-state index in [9.17, 15) is 43.2 Å². The molecule has 0 bridgehead atoms. The van der Waals surface area contributed by atoms with Crippen molar-refractivity contribution in [2.75, 3.05) is 72.4 Å². The molecule has 6 aliphatic heterocycles. The third-order valence-corrected chi connectivity index (χ3v) is 30.5. The number of aromatic nitrogens is 12. The van der Waals surface area contributed by atoms with E-state index >= 15 is 13.2 Å². The molecule has 0 radical (unpaired) electrons. The number of nitrogens with one attached hydrogen (secondary N) is 4. The monoisotopic (exact) mass is 1990 g/mol. The van der Waals surface area contributed by atoms with Crippen molar-refractivity contribution < 1.29 is 32.3 Å². The average Bonchev–Trinajstić information content (AvgIpc) is 1.70. The summed E-state index contributed by atoms with van der Waals surface area (Å²) in [5.41, 5.74) is 13.6. The van der Waals surface area contributed by atoms with E-state index in [1.807, 2.05) is 133 Å². The predicted molar refractivity (Wildman–Crippen MR) is 560 cm³/mol. The third kappa shape index (κ3) is 15.3. The predicted octanol–water partition coefficient (Wildman–Crippen LogP) is 17.4. The van der Waals surface area contributed by atoms with Gasteiger partial charge in [0.1, 0.15) is 18.1 Å². The lowest BCUT2D eigenvalue weighted by molar-refractivity contribution is -0.129. The van der Waals surface area contributed by atoms with Crippen LogP contribution >= 0.6 is 34.8 Å². The molecule has 738 valence electrons. The molecule has 143 heavy (non-hydrogen) atoms. The van der Waals surface area contributed by atoms with Crippen LogP contribution < -0.4 is 58.5 Å². The number of ether oxygens (including phenoxy) is 1. The Morgan fingerprint density at radius 3 is 1.20 bits per heavy atom. The van der Waals surface area contributed by atoms with E-state index in [1.54, 1.807) is 101 Å². The maximum atomic E-state index is 17.9. The second-order valence-corrected chi connectivity index (χ2v) is 40.6. The van der Waals surface area contributed by atoms with E-state index in [2.05, 4.69) is 59.8 Å². The molecule has 29 nitrogen and oxygen atoms in total. The van der Waals surface area contributed by atoms with Gasteiger partial charge in [-0.3, -0.25) is 71.1 Å². The normalized spacial score (nSPS) is 17.5. The number of halogens is 6. The van der Waals surface area contributed by atoms with Gasteiger partial charge in [-0.05, 0) is 186 Å². The van der Waals surface area contributed by atoms with Crippen molar-refractivity contribution in [3.05, 3.63) is 280 Å². The number of rotatable bonds is 12. The fourth-order valence-electron chi connectivity index (χ4n) is 22.6. The summed E-state index contributed by atoms with van der Waals surface area (Å²) in [6, 6.07) is 19.9. The lowest BCUT2D eigenvalue weighted by Crippen LogP contribution is -2.62. The van der Waals surface area contributed by atoms with Crippen molar-refractivity contribution in [2.24, 2.45) is 21.1 Å². The topological polar surface area (TPSA) is 310 Å². The van der Waals surface area contributed by atoms with Crippen molar-refractivity contribution in [1.82, 2.24) is 72.0 Å². The van der Waals surface area contributed by atoms with Gasteiger partial charge in [-0.25, -0.2) is 27.6 Å². The minimum Gasteiger partial charge on any atom is -0.484 e. The van der Waals surface area contributed by atoms with Gasteiger partial charge in [0.2, 0.25) is 23.5 Å². The number of nitrogens with zero attached hydrogens (tertiary/aromatic N) is 15. The largest absolute Gasteiger partial charge is 0.484 e. The highest BCUT2D eigenvalue weighted by Gasteiger charge is 2.47. The highest BCUT2D eigenvalue weighted by molar-refractivity contribution is 6.39. The molecule has 21 rings (SSSR count). The summed E-state index contributed by atoms with van der Waals surface area (Å²) >= 11 is 21.6. The van der Waals surface area contributed by atoms with Crippen LogP contribution in [0, 0.1) is 59.0 Å². The number of benzene rings is 6. The Morgan fingerprint density at radius 2 is 0.790 bits per heavy atom. The van der Waals surface area contributed by atoms with Crippen LogP contribution in [-0.4, -0.2) is 178 Å². The molecule has 3 saturated heterocycles. The van der Waals surface area contributed by atoms with Crippen LogP contribution in [0.2, 0.25) is 15.1 Å². The van der Waals surface area contributed by atoms with Crippen molar-refractivity contribution >= 4 is 141 Å². The summed E-state index contributed by atoms with van der Waals surface area (Å²) in [5, 5.41) is 5.03. The number of aromatic amines is 3. The standard InChI is InChI=1S/C36H37ClFN7O3.C36H36ClFN6O4.C36H36ClFN6O3/c1-8-25(46)43-16-21-14-40-30-33(44(21)15-20(43)6)22-13-23(37)27(26-18(4)9-10-24-34(26)42(7)36(48)41-24)28(38)32(22)45(35(30)47)31-19(5)11-12-39-29(31)17(2)3;1-8-25(45)42-15-21-16-48-34-32(43(21)14-20(42)6)22-13-23(37)27(26-18(4)9-10-24-33(26)41(7)36(47)40-24)28(38)31(22)44(35(34)46)30-19(5)11-12-39-29(30)17(2)3;1-8-26(45)42-16-21-13-23-32(43(21)15-20(42)6)22-14-24(38)28(27-18(4)9-10-25-34(27)41(7)36(47)40-25)29(37)33(22)44(35(23)46)31-19(5)11-12-39-30(31)17(2)3/h8-13,17,20-21,40H,1,14-16H2,2-7H3,(H,41,48);8-13,17,20-21H,1,14-16H2,2-7H3,(H,40,47);8-12,14,17,20-21H,1,13,15-16H2,2-7H3,(H,40,47). The molecule has 3 fully saturated rings. The van der Waals surface area contributed by atoms with Gasteiger partial charge in [0.25, 0.3) is 16.7 Å². The molecule has 15 aromatic rings. The maximum Gasteiger partial charge on any atom is 0.326 e. The first kappa shape index (κ1) is 97.3. The quantitative estimate of drug-likeness (QED) is 0.0826. The summed E-state index contributed by atoms with van der Waals surface area (Å²) in [6.07, 6.45) is 9.41. The summed E-state index contributed by atoms with van der Waals surface area (Å²) in [6.45, 7) is 42.9. The molecule has 0 aliphatic carbocycles. The molecule has 4 N–H and O–H groups in total.